The first-order valence-corrected chi connectivity index (χ1v) is 12.7. The first-order chi connectivity index (χ1) is 15.6. The summed E-state index contributed by atoms with van der Waals surface area (Å²) < 4.78 is 14.2. The fraction of sp³-hybridized carbons (Fsp3) is 0.480. The molecule has 180 valence electrons. The van der Waals surface area contributed by atoms with Gasteiger partial charge in [-0.2, -0.15) is 0 Å². The fourth-order valence-corrected chi connectivity index (χ4v) is 4.72. The molecule has 1 aromatic carbocycles. The minimum absolute atomic E-state index is 0.0989. The van der Waals surface area contributed by atoms with Gasteiger partial charge in [0, 0.05) is 28.1 Å². The lowest BCUT2D eigenvalue weighted by molar-refractivity contribution is 0.298. The van der Waals surface area contributed by atoms with Gasteiger partial charge < -0.3 is 5.32 Å². The van der Waals surface area contributed by atoms with E-state index in [1.165, 1.54) is 11.8 Å². The first-order valence-electron chi connectivity index (χ1n) is 11.1. The Kier molecular flexibility index (Phi) is 10.6. The standard InChI is InChI=1S/C25H33Cl2FN4S/c1-6-16-11-12-18(22(27)21(16)26)19(10-8-9-17(28)13-14-30-7-2)33-23(29)24-31-15-20(32-24)25(3,4)5/h7,10-12,17,29-30H,2,6,8-9,13-15H2,1,3-5H3/b19-10+,29-23?. The van der Waals surface area contributed by atoms with Gasteiger partial charge in [-0.05, 0) is 37.4 Å². The average molecular weight is 512 g/mol. The van der Waals surface area contributed by atoms with Crippen molar-refractivity contribution in [1.29, 1.82) is 5.41 Å². The van der Waals surface area contributed by atoms with Crippen LogP contribution in [0, 0.1) is 10.8 Å². The van der Waals surface area contributed by atoms with Gasteiger partial charge in [0.2, 0.25) is 0 Å². The molecule has 0 aliphatic carbocycles. The number of alkyl halides is 1. The molecular weight excluding hydrogens is 478 g/mol. The van der Waals surface area contributed by atoms with Crippen LogP contribution in [0.4, 0.5) is 4.39 Å². The highest BCUT2D eigenvalue weighted by Crippen LogP contribution is 2.39. The summed E-state index contributed by atoms with van der Waals surface area (Å²) in [6.45, 7) is 12.9. The van der Waals surface area contributed by atoms with Crippen molar-refractivity contribution in [1.82, 2.24) is 5.32 Å². The van der Waals surface area contributed by atoms with E-state index in [9.17, 15) is 4.39 Å². The summed E-state index contributed by atoms with van der Waals surface area (Å²) >= 11 is 14.3. The third-order valence-corrected chi connectivity index (χ3v) is 7.18. The molecule has 0 spiro atoms. The number of benzene rings is 1. The summed E-state index contributed by atoms with van der Waals surface area (Å²) in [4.78, 5) is 9.80. The molecule has 0 fully saturated rings. The molecule has 2 N–H and O–H groups in total. The lowest BCUT2D eigenvalue weighted by atomic mass is 9.90. The van der Waals surface area contributed by atoms with E-state index in [4.69, 9.17) is 28.6 Å². The van der Waals surface area contributed by atoms with E-state index >= 15 is 0 Å². The van der Waals surface area contributed by atoms with Crippen molar-refractivity contribution >= 4 is 56.5 Å². The molecule has 0 aromatic heterocycles. The normalized spacial score (nSPS) is 15.2. The van der Waals surface area contributed by atoms with Crippen LogP contribution < -0.4 is 5.32 Å². The van der Waals surface area contributed by atoms with Crippen LogP contribution in [0.2, 0.25) is 10.0 Å². The Bertz CT molecular complexity index is 964. The Morgan fingerprint density at radius 3 is 2.64 bits per heavy atom. The van der Waals surface area contributed by atoms with E-state index in [0.29, 0.717) is 48.2 Å². The van der Waals surface area contributed by atoms with Crippen LogP contribution in [0.1, 0.15) is 58.1 Å². The van der Waals surface area contributed by atoms with Crippen molar-refractivity contribution < 1.29 is 4.39 Å². The van der Waals surface area contributed by atoms with Gasteiger partial charge >= 0.3 is 0 Å². The zero-order chi connectivity index (χ0) is 24.6. The number of aliphatic imine (C=N–C) groups is 2. The molecule has 1 aromatic rings. The lowest BCUT2D eigenvalue weighted by Gasteiger charge is -2.17. The fourth-order valence-electron chi connectivity index (χ4n) is 3.17. The summed E-state index contributed by atoms with van der Waals surface area (Å²) in [5.41, 5.74) is 2.55. The maximum atomic E-state index is 14.2. The highest BCUT2D eigenvalue weighted by Gasteiger charge is 2.25. The van der Waals surface area contributed by atoms with Gasteiger partial charge in [-0.3, -0.25) is 10.4 Å². The number of rotatable bonds is 11. The Morgan fingerprint density at radius 1 is 1.30 bits per heavy atom. The van der Waals surface area contributed by atoms with Crippen LogP contribution in [0.25, 0.3) is 4.91 Å². The Morgan fingerprint density at radius 2 is 2.03 bits per heavy atom. The predicted molar refractivity (Wildman–Crippen MR) is 145 cm³/mol. The number of nitrogens with zero attached hydrogens (tertiary/aromatic N) is 2. The molecule has 0 saturated carbocycles. The van der Waals surface area contributed by atoms with Crippen LogP contribution in [0.15, 0.2) is 41.0 Å². The second kappa shape index (κ2) is 12.7. The molecule has 1 aliphatic rings. The third-order valence-electron chi connectivity index (χ3n) is 5.26. The van der Waals surface area contributed by atoms with Crippen molar-refractivity contribution in [2.75, 3.05) is 13.1 Å². The van der Waals surface area contributed by atoms with Crippen LogP contribution in [0.5, 0.6) is 0 Å². The molecule has 0 radical (unpaired) electrons. The maximum absolute atomic E-state index is 14.2. The van der Waals surface area contributed by atoms with E-state index in [1.807, 2.05) is 25.1 Å². The molecule has 0 amide bonds. The number of hydrogen-bond donors (Lipinski definition) is 2. The average Bonchev–Trinajstić information content (AvgIpc) is 3.26. The smallest absolute Gasteiger partial charge is 0.180 e. The van der Waals surface area contributed by atoms with Gasteiger partial charge in [-0.15, -0.1) is 0 Å². The summed E-state index contributed by atoms with van der Waals surface area (Å²) in [6.07, 6.45) is 4.64. The van der Waals surface area contributed by atoms with E-state index in [2.05, 4.69) is 42.7 Å². The largest absolute Gasteiger partial charge is 0.391 e. The lowest BCUT2D eigenvalue weighted by Crippen LogP contribution is -2.21. The molecule has 1 unspecified atom stereocenters. The Labute approximate surface area is 211 Å². The minimum Gasteiger partial charge on any atom is -0.391 e. The van der Waals surface area contributed by atoms with E-state index in [1.54, 1.807) is 6.20 Å². The van der Waals surface area contributed by atoms with Gasteiger partial charge in [0.1, 0.15) is 11.2 Å². The summed E-state index contributed by atoms with van der Waals surface area (Å²) in [5, 5.41) is 12.7. The topological polar surface area (TPSA) is 60.6 Å². The molecule has 2 rings (SSSR count). The van der Waals surface area contributed by atoms with Gasteiger partial charge in [0.15, 0.2) is 5.84 Å². The highest BCUT2D eigenvalue weighted by atomic mass is 35.5. The molecule has 0 bridgehead atoms. The van der Waals surface area contributed by atoms with Crippen LogP contribution in [-0.2, 0) is 6.42 Å². The zero-order valence-electron chi connectivity index (χ0n) is 19.8. The molecule has 1 heterocycles. The van der Waals surface area contributed by atoms with Gasteiger partial charge in [0.05, 0.1) is 16.6 Å². The third kappa shape index (κ3) is 7.97. The maximum Gasteiger partial charge on any atom is 0.180 e. The summed E-state index contributed by atoms with van der Waals surface area (Å²) in [6, 6.07) is 3.86. The molecule has 8 heteroatoms. The second-order valence-corrected chi connectivity index (χ2v) is 10.6. The second-order valence-electron chi connectivity index (χ2n) is 8.82. The number of allylic oxidation sites excluding steroid dienone is 1. The van der Waals surface area contributed by atoms with Crippen LogP contribution in [0.3, 0.4) is 0 Å². The quantitative estimate of drug-likeness (QED) is 0.181. The Hall–Kier alpha value is -1.63. The zero-order valence-corrected chi connectivity index (χ0v) is 22.1. The van der Waals surface area contributed by atoms with Crippen LogP contribution in [-0.4, -0.2) is 35.9 Å². The molecule has 1 aliphatic heterocycles. The van der Waals surface area contributed by atoms with Crippen molar-refractivity contribution in [2.45, 2.75) is 59.5 Å². The number of amidine groups is 1. The SMILES string of the molecule is C=CNCCC(F)CC/C=C(/SC(=N)C1=NCC(C(C)(C)C)=N1)c1ccc(CC)c(Cl)c1Cl. The number of hydrogen-bond acceptors (Lipinski definition) is 5. The van der Waals surface area contributed by atoms with E-state index in [-0.39, 0.29) is 10.5 Å². The van der Waals surface area contributed by atoms with Gasteiger partial charge in [0.25, 0.3) is 0 Å². The van der Waals surface area contributed by atoms with E-state index < -0.39 is 6.17 Å². The van der Waals surface area contributed by atoms with Crippen molar-refractivity contribution in [3.63, 3.8) is 0 Å². The molecule has 4 nitrogen and oxygen atoms in total. The van der Waals surface area contributed by atoms with E-state index in [0.717, 1.165) is 28.2 Å². The first kappa shape index (κ1) is 27.6. The molecular formula is C25H33Cl2FN4S. The molecule has 0 saturated heterocycles. The predicted octanol–water partition coefficient (Wildman–Crippen LogP) is 7.75. The Balaban J connectivity index is 2.24. The number of halogens is 3. The number of aryl methyl sites for hydroxylation is 1. The monoisotopic (exact) mass is 510 g/mol. The van der Waals surface area contributed by atoms with Crippen molar-refractivity contribution in [3.8, 4) is 0 Å². The minimum atomic E-state index is -0.931. The van der Waals surface area contributed by atoms with Gasteiger partial charge in [-0.1, -0.05) is 87.4 Å². The highest BCUT2D eigenvalue weighted by molar-refractivity contribution is 8.23. The molecule has 33 heavy (non-hydrogen) atoms. The van der Waals surface area contributed by atoms with Gasteiger partial charge in [-0.25, -0.2) is 9.38 Å². The van der Waals surface area contributed by atoms with Crippen molar-refractivity contribution in [2.24, 2.45) is 15.4 Å². The number of nitrogens with one attached hydrogen (secondary N) is 2. The van der Waals surface area contributed by atoms with Crippen molar-refractivity contribution in [3.05, 3.63) is 52.2 Å². The summed E-state index contributed by atoms with van der Waals surface area (Å²) in [5.74, 6) is 0.419. The molecule has 1 atom stereocenters. The van der Waals surface area contributed by atoms with Crippen LogP contribution >= 0.6 is 35.0 Å². The number of thioether (sulfide) groups is 1. The summed E-state index contributed by atoms with van der Waals surface area (Å²) in [7, 11) is 0.